The molecule has 0 amide bonds. The van der Waals surface area contributed by atoms with E-state index in [0.29, 0.717) is 5.69 Å². The van der Waals surface area contributed by atoms with E-state index in [1.165, 1.54) is 27.1 Å². The molecule has 0 saturated heterocycles. The maximum absolute atomic E-state index is 9.25. The molecule has 37 heavy (non-hydrogen) atoms. The summed E-state index contributed by atoms with van der Waals surface area (Å²) in [5.41, 5.74) is 7.47. The van der Waals surface area contributed by atoms with Crippen LogP contribution < -0.4 is 0 Å². The van der Waals surface area contributed by atoms with Crippen LogP contribution in [0.4, 0.5) is 0 Å². The Morgan fingerprint density at radius 3 is 2.22 bits per heavy atom. The fourth-order valence-electron chi connectivity index (χ4n) is 5.21. The normalized spacial score (nSPS) is 11.2. The molecule has 0 N–H and O–H groups in total. The van der Waals surface area contributed by atoms with Crippen molar-refractivity contribution in [3.63, 3.8) is 0 Å². The number of aromatic nitrogens is 3. The van der Waals surface area contributed by atoms with E-state index in [1.807, 2.05) is 30.3 Å². The first-order chi connectivity index (χ1) is 18.3. The third kappa shape index (κ3) is 3.45. The lowest BCUT2D eigenvalue weighted by Gasteiger charge is -2.08. The molecule has 7 rings (SSSR count). The van der Waals surface area contributed by atoms with Gasteiger partial charge in [-0.3, -0.25) is 0 Å². The van der Waals surface area contributed by atoms with Crippen molar-refractivity contribution in [1.29, 1.82) is 5.26 Å². The van der Waals surface area contributed by atoms with Crippen molar-refractivity contribution in [3.8, 4) is 34.3 Å². The maximum Gasteiger partial charge on any atom is 0.141 e. The molecule has 4 aromatic carbocycles. The molecular weight excluding hydrogens is 452 g/mol. The van der Waals surface area contributed by atoms with Gasteiger partial charge in [0, 0.05) is 33.8 Å². The summed E-state index contributed by atoms with van der Waals surface area (Å²) >= 11 is 0. The minimum Gasteiger partial charge on any atom is -0.309 e. The summed E-state index contributed by atoms with van der Waals surface area (Å²) in [6.07, 6.45) is 1.65. The largest absolute Gasteiger partial charge is 0.309 e. The summed E-state index contributed by atoms with van der Waals surface area (Å²) in [5, 5.41) is 14.1. The van der Waals surface area contributed by atoms with E-state index in [-0.39, 0.29) is 0 Å². The number of hydrogen-bond acceptors (Lipinski definition) is 3. The quantitative estimate of drug-likeness (QED) is 0.262. The Hall–Kier alpha value is -5.27. The van der Waals surface area contributed by atoms with Crippen molar-refractivity contribution in [2.24, 2.45) is 0 Å². The topological polar surface area (TPSA) is 54.5 Å². The summed E-state index contributed by atoms with van der Waals surface area (Å²) in [6, 6.07) is 41.9. The van der Waals surface area contributed by atoms with Gasteiger partial charge < -0.3 is 4.57 Å². The summed E-state index contributed by atoms with van der Waals surface area (Å²) in [6.45, 7) is 0. The second-order valence-corrected chi connectivity index (χ2v) is 9.03. The van der Waals surface area contributed by atoms with E-state index >= 15 is 0 Å². The zero-order valence-electron chi connectivity index (χ0n) is 19.8. The number of para-hydroxylation sites is 1. The van der Waals surface area contributed by atoms with Gasteiger partial charge in [-0.05, 0) is 65.4 Å². The molecule has 4 heteroatoms. The highest BCUT2D eigenvalue weighted by Crippen LogP contribution is 2.38. The number of nitrogens with zero attached hydrogens (tertiary/aromatic N) is 4. The molecule has 7 aromatic rings. The number of hydrogen-bond donors (Lipinski definition) is 0. The van der Waals surface area contributed by atoms with Gasteiger partial charge in [0.15, 0.2) is 0 Å². The first-order valence-corrected chi connectivity index (χ1v) is 12.2. The minimum absolute atomic E-state index is 0.381. The molecule has 0 spiro atoms. The molecule has 172 valence electrons. The average molecular weight is 473 g/mol. The van der Waals surface area contributed by atoms with Gasteiger partial charge in [0.25, 0.3) is 0 Å². The molecular formula is C33H20N4. The minimum atomic E-state index is 0.381. The lowest BCUT2D eigenvalue weighted by molar-refractivity contribution is 1.18. The Bertz CT molecular complexity index is 2000. The number of benzene rings is 4. The Balaban J connectivity index is 1.49. The van der Waals surface area contributed by atoms with Crippen molar-refractivity contribution in [1.82, 2.24) is 14.5 Å². The zero-order valence-corrected chi connectivity index (χ0v) is 19.8. The first-order valence-electron chi connectivity index (χ1n) is 12.2. The monoisotopic (exact) mass is 472 g/mol. The predicted molar refractivity (Wildman–Crippen MR) is 149 cm³/mol. The smallest absolute Gasteiger partial charge is 0.141 e. The molecule has 0 unspecified atom stereocenters. The van der Waals surface area contributed by atoms with Gasteiger partial charge in [-0.25, -0.2) is 9.97 Å². The molecule has 3 heterocycles. The number of rotatable bonds is 3. The van der Waals surface area contributed by atoms with Crippen molar-refractivity contribution in [3.05, 3.63) is 127 Å². The molecule has 0 bridgehead atoms. The van der Waals surface area contributed by atoms with E-state index in [0.717, 1.165) is 33.7 Å². The molecule has 0 aliphatic heterocycles. The Morgan fingerprint density at radius 1 is 0.622 bits per heavy atom. The van der Waals surface area contributed by atoms with E-state index in [9.17, 15) is 5.26 Å². The number of nitriles is 1. The Morgan fingerprint density at radius 2 is 1.38 bits per heavy atom. The van der Waals surface area contributed by atoms with E-state index < -0.39 is 0 Å². The summed E-state index contributed by atoms with van der Waals surface area (Å²) in [7, 11) is 0. The van der Waals surface area contributed by atoms with E-state index in [1.54, 1.807) is 12.3 Å². The molecule has 0 radical (unpaired) electrons. The van der Waals surface area contributed by atoms with Crippen LogP contribution in [0.15, 0.2) is 121 Å². The van der Waals surface area contributed by atoms with Gasteiger partial charge in [-0.2, -0.15) is 5.26 Å². The van der Waals surface area contributed by atoms with Crippen LogP contribution in [0.5, 0.6) is 0 Å². The van der Waals surface area contributed by atoms with Crippen LogP contribution in [0.25, 0.3) is 60.8 Å². The maximum atomic E-state index is 9.25. The standard InChI is InChI=1S/C33H20N4/c34-21-25-19-24(17-18-35-25)30-12-6-11-29(36-30)23-14-15-31-28(20-23)33-27-10-5-4-7-22(27)13-16-32(33)37(31)26-8-2-1-3-9-26/h1-20H. The second kappa shape index (κ2) is 8.44. The lowest BCUT2D eigenvalue weighted by atomic mass is 10.0. The number of fused-ring (bicyclic) bond motifs is 5. The Kier molecular flexibility index (Phi) is 4.80. The number of pyridine rings is 2. The molecule has 4 nitrogen and oxygen atoms in total. The van der Waals surface area contributed by atoms with Crippen LogP contribution in [-0.2, 0) is 0 Å². The fraction of sp³-hybridized carbons (Fsp3) is 0. The SMILES string of the molecule is N#Cc1cc(-c2cccc(-c3ccc4c(c3)c3c5ccccc5ccc3n4-c3ccccc3)n2)ccn1. The van der Waals surface area contributed by atoms with Crippen molar-refractivity contribution < 1.29 is 0 Å². The lowest BCUT2D eigenvalue weighted by Crippen LogP contribution is -1.93. The summed E-state index contributed by atoms with van der Waals surface area (Å²) in [4.78, 5) is 9.05. The van der Waals surface area contributed by atoms with Crippen molar-refractivity contribution in [2.45, 2.75) is 0 Å². The molecule has 3 aromatic heterocycles. The summed E-state index contributed by atoms with van der Waals surface area (Å²) < 4.78 is 2.34. The molecule has 0 fully saturated rings. The predicted octanol–water partition coefficient (Wildman–Crippen LogP) is 7.93. The third-order valence-electron chi connectivity index (χ3n) is 6.88. The van der Waals surface area contributed by atoms with Gasteiger partial charge in [0.05, 0.1) is 22.4 Å². The van der Waals surface area contributed by atoms with Crippen LogP contribution in [0, 0.1) is 11.3 Å². The van der Waals surface area contributed by atoms with Crippen molar-refractivity contribution >= 4 is 32.6 Å². The van der Waals surface area contributed by atoms with E-state index in [4.69, 9.17) is 4.98 Å². The van der Waals surface area contributed by atoms with Gasteiger partial charge in [0.1, 0.15) is 11.8 Å². The fourth-order valence-corrected chi connectivity index (χ4v) is 5.21. The third-order valence-corrected chi connectivity index (χ3v) is 6.88. The van der Waals surface area contributed by atoms with Crippen LogP contribution in [0.2, 0.25) is 0 Å². The molecule has 0 atom stereocenters. The first kappa shape index (κ1) is 21.0. The van der Waals surface area contributed by atoms with Crippen LogP contribution >= 0.6 is 0 Å². The van der Waals surface area contributed by atoms with Gasteiger partial charge in [-0.15, -0.1) is 0 Å². The average Bonchev–Trinajstić information content (AvgIpc) is 3.32. The highest BCUT2D eigenvalue weighted by atomic mass is 15.0. The highest BCUT2D eigenvalue weighted by Gasteiger charge is 2.16. The van der Waals surface area contributed by atoms with Gasteiger partial charge in [-0.1, -0.05) is 60.7 Å². The molecule has 0 aliphatic carbocycles. The van der Waals surface area contributed by atoms with Crippen molar-refractivity contribution in [2.75, 3.05) is 0 Å². The van der Waals surface area contributed by atoms with Crippen LogP contribution in [0.3, 0.4) is 0 Å². The molecule has 0 aliphatic rings. The summed E-state index contributed by atoms with van der Waals surface area (Å²) in [5.74, 6) is 0. The van der Waals surface area contributed by atoms with Crippen LogP contribution in [-0.4, -0.2) is 14.5 Å². The second-order valence-electron chi connectivity index (χ2n) is 9.03. The van der Waals surface area contributed by atoms with E-state index in [2.05, 4.69) is 94.5 Å². The van der Waals surface area contributed by atoms with Crippen LogP contribution in [0.1, 0.15) is 5.69 Å². The Labute approximate surface area is 213 Å². The van der Waals surface area contributed by atoms with Gasteiger partial charge >= 0.3 is 0 Å². The highest BCUT2D eigenvalue weighted by molar-refractivity contribution is 6.21. The van der Waals surface area contributed by atoms with Gasteiger partial charge in [0.2, 0.25) is 0 Å². The molecule has 0 saturated carbocycles. The zero-order chi connectivity index (χ0) is 24.8.